The molecule has 3 rings (SSSR count). The Morgan fingerprint density at radius 1 is 1.04 bits per heavy atom. The van der Waals surface area contributed by atoms with Crippen LogP contribution >= 0.6 is 0 Å². The van der Waals surface area contributed by atoms with E-state index in [0.29, 0.717) is 18.8 Å². The summed E-state index contributed by atoms with van der Waals surface area (Å²) in [6.07, 6.45) is -2.37. The van der Waals surface area contributed by atoms with Gasteiger partial charge in [-0.3, -0.25) is 4.90 Å². The average Bonchev–Trinajstić information content (AvgIpc) is 2.66. The lowest BCUT2D eigenvalue weighted by Crippen LogP contribution is -2.62. The van der Waals surface area contributed by atoms with Gasteiger partial charge in [0.1, 0.15) is 23.8 Å². The predicted octanol–water partition coefficient (Wildman–Crippen LogP) is 0.160. The summed E-state index contributed by atoms with van der Waals surface area (Å²) in [5.74, 6) is -1.14. The standard InChI is InChI=1S/C19H27F2NO5/c20-14-7-12(11-2-5-27-6-3-11)8-15(21)13(14)1-4-22-9-17(24)19(26)18(25)16(22)10-23/h7-8,11,16-19,23-26H,1-6,9-10H2/t16-,17+,18-,19-/m1/s1. The first-order valence-electron chi connectivity index (χ1n) is 9.37. The van der Waals surface area contributed by atoms with Crippen molar-refractivity contribution < 1.29 is 33.9 Å². The molecule has 0 saturated carbocycles. The first-order chi connectivity index (χ1) is 12.9. The van der Waals surface area contributed by atoms with Gasteiger partial charge in [0.15, 0.2) is 0 Å². The summed E-state index contributed by atoms with van der Waals surface area (Å²) in [7, 11) is 0. The molecule has 2 fully saturated rings. The van der Waals surface area contributed by atoms with Gasteiger partial charge in [0, 0.05) is 31.9 Å². The van der Waals surface area contributed by atoms with Crippen molar-refractivity contribution in [2.45, 2.75) is 49.5 Å². The van der Waals surface area contributed by atoms with E-state index < -0.39 is 42.6 Å². The fraction of sp³-hybridized carbons (Fsp3) is 0.684. The Kier molecular flexibility index (Phi) is 6.78. The van der Waals surface area contributed by atoms with Crippen LogP contribution in [0.25, 0.3) is 0 Å². The van der Waals surface area contributed by atoms with Gasteiger partial charge in [-0.1, -0.05) is 0 Å². The largest absolute Gasteiger partial charge is 0.395 e. The van der Waals surface area contributed by atoms with Crippen LogP contribution in [-0.2, 0) is 11.2 Å². The molecule has 8 heteroatoms. The van der Waals surface area contributed by atoms with Crippen LogP contribution in [0.1, 0.15) is 29.9 Å². The van der Waals surface area contributed by atoms with E-state index in [1.54, 1.807) is 4.90 Å². The first kappa shape index (κ1) is 20.6. The lowest BCUT2D eigenvalue weighted by Gasteiger charge is -2.43. The van der Waals surface area contributed by atoms with Crippen LogP contribution in [0, 0.1) is 11.6 Å². The molecule has 0 unspecified atom stereocenters. The zero-order valence-corrected chi connectivity index (χ0v) is 15.1. The van der Waals surface area contributed by atoms with E-state index in [1.165, 1.54) is 12.1 Å². The Labute approximate surface area is 157 Å². The number of aliphatic hydroxyl groups is 4. The summed E-state index contributed by atoms with van der Waals surface area (Å²) in [6, 6.07) is 1.96. The van der Waals surface area contributed by atoms with Gasteiger partial charge in [-0.05, 0) is 42.9 Å². The van der Waals surface area contributed by atoms with Gasteiger partial charge in [-0.2, -0.15) is 0 Å². The highest BCUT2D eigenvalue weighted by atomic mass is 19.1. The van der Waals surface area contributed by atoms with Crippen LogP contribution in [-0.4, -0.2) is 82.6 Å². The molecule has 0 bridgehead atoms. The maximum atomic E-state index is 14.5. The third kappa shape index (κ3) is 4.47. The molecule has 1 aromatic rings. The van der Waals surface area contributed by atoms with Crippen molar-refractivity contribution in [3.05, 3.63) is 34.9 Å². The molecule has 2 heterocycles. The number of hydrogen-bond acceptors (Lipinski definition) is 6. The van der Waals surface area contributed by atoms with E-state index in [0.717, 1.165) is 12.8 Å². The highest BCUT2D eigenvalue weighted by molar-refractivity contribution is 5.29. The molecule has 0 radical (unpaired) electrons. The van der Waals surface area contributed by atoms with Crippen LogP contribution in [0.3, 0.4) is 0 Å². The van der Waals surface area contributed by atoms with Gasteiger partial charge in [0.25, 0.3) is 0 Å². The fourth-order valence-electron chi connectivity index (χ4n) is 4.02. The molecule has 1 aromatic carbocycles. The van der Waals surface area contributed by atoms with Gasteiger partial charge < -0.3 is 25.2 Å². The Balaban J connectivity index is 1.70. The average molecular weight is 387 g/mol. The van der Waals surface area contributed by atoms with Crippen molar-refractivity contribution in [1.82, 2.24) is 4.90 Å². The molecule has 152 valence electrons. The van der Waals surface area contributed by atoms with Crippen molar-refractivity contribution in [2.24, 2.45) is 0 Å². The van der Waals surface area contributed by atoms with Crippen LogP contribution in [0.15, 0.2) is 12.1 Å². The second-order valence-electron chi connectivity index (χ2n) is 7.39. The molecular formula is C19H27F2NO5. The third-order valence-electron chi connectivity index (χ3n) is 5.72. The van der Waals surface area contributed by atoms with Gasteiger partial charge in [-0.15, -0.1) is 0 Å². The SMILES string of the molecule is OC[C@@H]1[C@@H](O)[C@H](O)[C@@H](O)CN1CCc1c(F)cc(C2CCOCC2)cc1F. The van der Waals surface area contributed by atoms with E-state index in [2.05, 4.69) is 0 Å². The molecule has 4 N–H and O–H groups in total. The molecular weight excluding hydrogens is 360 g/mol. The topological polar surface area (TPSA) is 93.4 Å². The monoisotopic (exact) mass is 387 g/mol. The van der Waals surface area contributed by atoms with E-state index >= 15 is 0 Å². The maximum absolute atomic E-state index is 14.5. The summed E-state index contributed by atoms with van der Waals surface area (Å²) in [5.41, 5.74) is 0.579. The van der Waals surface area contributed by atoms with Crippen LogP contribution in [0.5, 0.6) is 0 Å². The van der Waals surface area contributed by atoms with E-state index in [1.807, 2.05) is 0 Å². The van der Waals surface area contributed by atoms with Gasteiger partial charge in [-0.25, -0.2) is 8.78 Å². The summed E-state index contributed by atoms with van der Waals surface area (Å²) in [4.78, 5) is 1.55. The lowest BCUT2D eigenvalue weighted by molar-refractivity contribution is -0.144. The Morgan fingerprint density at radius 2 is 1.67 bits per heavy atom. The second-order valence-corrected chi connectivity index (χ2v) is 7.39. The number of halogens is 2. The molecule has 6 nitrogen and oxygen atoms in total. The number of hydrogen-bond donors (Lipinski definition) is 4. The minimum Gasteiger partial charge on any atom is -0.395 e. The Bertz CT molecular complexity index is 618. The van der Waals surface area contributed by atoms with Crippen LogP contribution in [0.4, 0.5) is 8.78 Å². The van der Waals surface area contributed by atoms with Gasteiger partial charge in [0.05, 0.1) is 18.8 Å². The number of benzene rings is 1. The zero-order chi connectivity index (χ0) is 19.6. The maximum Gasteiger partial charge on any atom is 0.129 e. The number of β-amino-alcohol motifs (C(OH)–C–C–N with tert-alkyl or cyclic N) is 1. The van der Waals surface area contributed by atoms with Crippen LogP contribution in [0.2, 0.25) is 0 Å². The normalized spacial score (nSPS) is 30.6. The summed E-state index contributed by atoms with van der Waals surface area (Å²) in [5, 5.41) is 39.0. The summed E-state index contributed by atoms with van der Waals surface area (Å²) >= 11 is 0. The molecule has 0 aliphatic carbocycles. The van der Waals surface area contributed by atoms with Crippen molar-refractivity contribution in [3.8, 4) is 0 Å². The van der Waals surface area contributed by atoms with Gasteiger partial charge in [0.2, 0.25) is 0 Å². The van der Waals surface area contributed by atoms with E-state index in [4.69, 9.17) is 4.74 Å². The first-order valence-corrected chi connectivity index (χ1v) is 9.37. The molecule has 27 heavy (non-hydrogen) atoms. The Morgan fingerprint density at radius 3 is 2.26 bits per heavy atom. The molecule has 2 aliphatic heterocycles. The van der Waals surface area contributed by atoms with E-state index in [9.17, 15) is 29.2 Å². The molecule has 2 aliphatic rings. The van der Waals surface area contributed by atoms with Crippen molar-refractivity contribution in [3.63, 3.8) is 0 Å². The molecule has 2 saturated heterocycles. The fourth-order valence-corrected chi connectivity index (χ4v) is 4.02. The zero-order valence-electron chi connectivity index (χ0n) is 15.1. The molecule has 4 atom stereocenters. The number of piperidine rings is 1. The predicted molar refractivity (Wildman–Crippen MR) is 93.3 cm³/mol. The molecule has 0 aromatic heterocycles. The molecule has 0 amide bonds. The van der Waals surface area contributed by atoms with Crippen molar-refractivity contribution in [2.75, 3.05) is 32.9 Å². The van der Waals surface area contributed by atoms with E-state index in [-0.39, 0.29) is 31.0 Å². The third-order valence-corrected chi connectivity index (χ3v) is 5.72. The minimum absolute atomic E-state index is 0.00679. The number of nitrogens with zero attached hydrogens (tertiary/aromatic N) is 1. The minimum atomic E-state index is -1.36. The highest BCUT2D eigenvalue weighted by Gasteiger charge is 2.40. The Hall–Kier alpha value is -1.16. The van der Waals surface area contributed by atoms with Crippen molar-refractivity contribution >= 4 is 0 Å². The second kappa shape index (κ2) is 8.89. The number of likely N-dealkylation sites (tertiary alicyclic amines) is 1. The number of aliphatic hydroxyl groups excluding tert-OH is 4. The van der Waals surface area contributed by atoms with Gasteiger partial charge >= 0.3 is 0 Å². The number of rotatable bonds is 5. The molecule has 0 spiro atoms. The summed E-state index contributed by atoms with van der Waals surface area (Å²) < 4.78 is 34.4. The van der Waals surface area contributed by atoms with Crippen LogP contribution < -0.4 is 0 Å². The quantitative estimate of drug-likeness (QED) is 0.575. The lowest BCUT2D eigenvalue weighted by atomic mass is 9.90. The smallest absolute Gasteiger partial charge is 0.129 e. The van der Waals surface area contributed by atoms with Crippen molar-refractivity contribution in [1.29, 1.82) is 0 Å². The number of ether oxygens (including phenoxy) is 1. The summed E-state index contributed by atoms with van der Waals surface area (Å²) in [6.45, 7) is 0.884. The highest BCUT2D eigenvalue weighted by Crippen LogP contribution is 2.30.